The Morgan fingerprint density at radius 3 is 2.76 bits per heavy atom. The van der Waals surface area contributed by atoms with E-state index in [1.54, 1.807) is 6.20 Å². The van der Waals surface area contributed by atoms with E-state index < -0.39 is 0 Å². The topological polar surface area (TPSA) is 125 Å². The van der Waals surface area contributed by atoms with Crippen molar-refractivity contribution in [3.63, 3.8) is 0 Å². The molecule has 1 saturated heterocycles. The summed E-state index contributed by atoms with van der Waals surface area (Å²) in [4.78, 5) is 22.6. The Labute approximate surface area is 198 Å². The van der Waals surface area contributed by atoms with E-state index in [1.807, 2.05) is 19.9 Å². The van der Waals surface area contributed by atoms with Crippen LogP contribution < -0.4 is 16.4 Å². The van der Waals surface area contributed by atoms with Crippen molar-refractivity contribution < 1.29 is 4.79 Å². The fourth-order valence-electron chi connectivity index (χ4n) is 4.30. The predicted molar refractivity (Wildman–Crippen MR) is 130 cm³/mol. The zero-order valence-corrected chi connectivity index (χ0v) is 19.8. The second-order valence-electron chi connectivity index (χ2n) is 8.55. The van der Waals surface area contributed by atoms with Crippen LogP contribution in [0.1, 0.15) is 47.7 Å². The average molecular weight is 469 g/mol. The molecule has 1 unspecified atom stereocenters. The van der Waals surface area contributed by atoms with Crippen LogP contribution in [-0.2, 0) is 4.79 Å². The maximum absolute atomic E-state index is 11.6. The molecule has 0 radical (unpaired) electrons. The van der Waals surface area contributed by atoms with Gasteiger partial charge >= 0.3 is 0 Å². The molecule has 0 bridgehead atoms. The van der Waals surface area contributed by atoms with Crippen molar-refractivity contribution in [2.45, 2.75) is 46.1 Å². The van der Waals surface area contributed by atoms with E-state index in [1.165, 1.54) is 5.56 Å². The third-order valence-electron chi connectivity index (χ3n) is 5.89. The number of piperidine rings is 1. The Morgan fingerprint density at radius 1 is 1.21 bits per heavy atom. The molecule has 33 heavy (non-hydrogen) atoms. The number of likely N-dealkylation sites (tertiary alicyclic amines) is 1. The molecule has 1 amide bonds. The first-order valence-electron chi connectivity index (χ1n) is 11.0. The quantitative estimate of drug-likeness (QED) is 0.407. The van der Waals surface area contributed by atoms with E-state index in [-0.39, 0.29) is 18.5 Å². The number of hydrogen-bond acceptors (Lipinski definition) is 7. The van der Waals surface area contributed by atoms with Gasteiger partial charge in [-0.1, -0.05) is 24.1 Å². The fourth-order valence-corrected chi connectivity index (χ4v) is 4.44. The summed E-state index contributed by atoms with van der Waals surface area (Å²) in [7, 11) is 0. The van der Waals surface area contributed by atoms with Gasteiger partial charge in [0.2, 0.25) is 11.9 Å². The number of aryl methyl sites for hydroxylation is 3. The van der Waals surface area contributed by atoms with Gasteiger partial charge < -0.3 is 16.4 Å². The van der Waals surface area contributed by atoms with Gasteiger partial charge in [-0.15, -0.1) is 0 Å². The number of nitrogens with one attached hydrogen (secondary N) is 3. The van der Waals surface area contributed by atoms with E-state index in [9.17, 15) is 4.79 Å². The lowest BCUT2D eigenvalue weighted by molar-refractivity contribution is -0.120. The van der Waals surface area contributed by atoms with Crippen molar-refractivity contribution in [2.24, 2.45) is 5.73 Å². The molecule has 1 aromatic carbocycles. The van der Waals surface area contributed by atoms with Gasteiger partial charge in [-0.2, -0.15) is 10.1 Å². The molecule has 0 aliphatic carbocycles. The van der Waals surface area contributed by atoms with Crippen LogP contribution in [0.2, 0.25) is 5.02 Å². The summed E-state index contributed by atoms with van der Waals surface area (Å²) in [6.07, 6.45) is 4.80. The van der Waals surface area contributed by atoms with Crippen molar-refractivity contribution in [1.29, 1.82) is 0 Å². The number of nitrogens with zero attached hydrogens (tertiary/aromatic N) is 4. The number of halogens is 1. The van der Waals surface area contributed by atoms with Crippen molar-refractivity contribution >= 4 is 40.8 Å². The summed E-state index contributed by atoms with van der Waals surface area (Å²) in [5, 5.41) is 13.9. The van der Waals surface area contributed by atoms with Gasteiger partial charge in [0.05, 0.1) is 12.7 Å². The Kier molecular flexibility index (Phi) is 6.80. The molecule has 10 heteroatoms. The largest absolute Gasteiger partial charge is 0.369 e. The van der Waals surface area contributed by atoms with Gasteiger partial charge in [0.15, 0.2) is 11.6 Å². The third-order valence-corrected chi connectivity index (χ3v) is 6.16. The molecule has 1 fully saturated rings. The van der Waals surface area contributed by atoms with Crippen LogP contribution in [0.15, 0.2) is 24.4 Å². The molecule has 1 atom stereocenters. The zero-order valence-electron chi connectivity index (χ0n) is 19.1. The Hall–Kier alpha value is -3.17. The van der Waals surface area contributed by atoms with Crippen molar-refractivity contribution in [2.75, 3.05) is 23.7 Å². The summed E-state index contributed by atoms with van der Waals surface area (Å²) < 4.78 is 0. The Balaban J connectivity index is 1.56. The summed E-state index contributed by atoms with van der Waals surface area (Å²) in [5.74, 6) is 1.24. The molecule has 1 aliphatic heterocycles. The minimum absolute atomic E-state index is 0.193. The lowest BCUT2D eigenvalue weighted by Crippen LogP contribution is -2.39. The molecular formula is C23H29ClN8O. The second kappa shape index (κ2) is 9.76. The molecule has 3 heterocycles. The van der Waals surface area contributed by atoms with Gasteiger partial charge in [0.25, 0.3) is 0 Å². The number of hydrogen-bond donors (Lipinski definition) is 4. The van der Waals surface area contributed by atoms with Crippen LogP contribution in [0.25, 0.3) is 0 Å². The fraction of sp³-hybridized carbons (Fsp3) is 0.391. The monoisotopic (exact) mass is 468 g/mol. The molecule has 5 N–H and O–H groups in total. The number of carbonyl (C=O) groups excluding carboxylic acids is 1. The first-order valence-corrected chi connectivity index (χ1v) is 11.4. The van der Waals surface area contributed by atoms with Gasteiger partial charge in [-0.3, -0.25) is 14.8 Å². The third kappa shape index (κ3) is 5.43. The molecule has 9 nitrogen and oxygen atoms in total. The zero-order chi connectivity index (χ0) is 23.5. The van der Waals surface area contributed by atoms with E-state index in [0.717, 1.165) is 48.3 Å². The van der Waals surface area contributed by atoms with E-state index in [2.05, 4.69) is 54.8 Å². The number of nitrogens with two attached hydrogens (primary N) is 1. The normalized spacial score (nSPS) is 16.5. The van der Waals surface area contributed by atoms with Crippen molar-refractivity contribution in [3.05, 3.63) is 51.8 Å². The predicted octanol–water partition coefficient (Wildman–Crippen LogP) is 4.28. The number of amides is 1. The van der Waals surface area contributed by atoms with E-state index in [0.29, 0.717) is 22.6 Å². The summed E-state index contributed by atoms with van der Waals surface area (Å²) in [5.41, 5.74) is 10.8. The number of carbonyl (C=O) groups is 1. The van der Waals surface area contributed by atoms with Crippen LogP contribution in [0.5, 0.6) is 0 Å². The molecule has 2 aromatic heterocycles. The average Bonchev–Trinajstić information content (AvgIpc) is 3.17. The Morgan fingerprint density at radius 2 is 2.03 bits per heavy atom. The minimum atomic E-state index is -0.288. The lowest BCUT2D eigenvalue weighted by atomic mass is 9.90. The SMILES string of the molecule is Cc1cc(Nc2nc(Nc3cc(C)c(C4CCCCN4CC(N)=O)cc3C)ncc2Cl)n[nH]1. The number of H-pyrrole nitrogens is 1. The first-order chi connectivity index (χ1) is 15.8. The number of benzene rings is 1. The number of anilines is 4. The number of aromatic amines is 1. The summed E-state index contributed by atoms with van der Waals surface area (Å²) in [6.45, 7) is 7.23. The summed E-state index contributed by atoms with van der Waals surface area (Å²) in [6, 6.07) is 6.34. The number of aromatic nitrogens is 4. The van der Waals surface area contributed by atoms with Gasteiger partial charge in [0, 0.05) is 23.5 Å². The van der Waals surface area contributed by atoms with Crippen LogP contribution >= 0.6 is 11.6 Å². The van der Waals surface area contributed by atoms with Gasteiger partial charge in [-0.05, 0) is 62.9 Å². The smallest absolute Gasteiger partial charge is 0.231 e. The highest BCUT2D eigenvalue weighted by atomic mass is 35.5. The molecule has 1 aliphatic rings. The van der Waals surface area contributed by atoms with Gasteiger partial charge in [-0.25, -0.2) is 4.98 Å². The molecular weight excluding hydrogens is 440 g/mol. The van der Waals surface area contributed by atoms with Crippen LogP contribution in [-0.4, -0.2) is 44.1 Å². The minimum Gasteiger partial charge on any atom is -0.369 e. The molecule has 4 rings (SSSR count). The standard InChI is InChI=1S/C23H29ClN8O/c1-13-9-18(14(2)8-16(13)19-6-4-5-7-32(19)12-20(25)33)27-23-26-11-17(24)22(29-23)28-21-10-15(3)30-31-21/h8-11,19H,4-7,12H2,1-3H3,(H2,25,33)(H3,26,27,28,29,30,31). The highest BCUT2D eigenvalue weighted by Crippen LogP contribution is 2.35. The maximum atomic E-state index is 11.6. The second-order valence-corrected chi connectivity index (χ2v) is 8.96. The van der Waals surface area contributed by atoms with Crippen LogP contribution in [0.3, 0.4) is 0 Å². The van der Waals surface area contributed by atoms with Gasteiger partial charge in [0.1, 0.15) is 5.02 Å². The number of primary amides is 1. The highest BCUT2D eigenvalue weighted by Gasteiger charge is 2.26. The van der Waals surface area contributed by atoms with E-state index >= 15 is 0 Å². The Bertz CT molecular complexity index is 1160. The van der Waals surface area contributed by atoms with E-state index in [4.69, 9.17) is 17.3 Å². The van der Waals surface area contributed by atoms with Crippen LogP contribution in [0.4, 0.5) is 23.3 Å². The van der Waals surface area contributed by atoms with Crippen molar-refractivity contribution in [3.8, 4) is 0 Å². The maximum Gasteiger partial charge on any atom is 0.231 e. The molecule has 174 valence electrons. The first kappa shape index (κ1) is 23.0. The lowest BCUT2D eigenvalue weighted by Gasteiger charge is -2.36. The molecule has 0 spiro atoms. The number of rotatable bonds is 7. The van der Waals surface area contributed by atoms with Crippen molar-refractivity contribution in [1.82, 2.24) is 25.1 Å². The summed E-state index contributed by atoms with van der Waals surface area (Å²) >= 11 is 6.28. The molecule has 3 aromatic rings. The molecule has 0 saturated carbocycles. The van der Waals surface area contributed by atoms with Crippen LogP contribution in [0, 0.1) is 20.8 Å². The highest BCUT2D eigenvalue weighted by molar-refractivity contribution is 6.32.